The summed E-state index contributed by atoms with van der Waals surface area (Å²) >= 11 is 13.6. The second-order valence-electron chi connectivity index (χ2n) is 4.71. The van der Waals surface area contributed by atoms with Gasteiger partial charge in [-0.15, -0.1) is 35.0 Å². The highest BCUT2D eigenvalue weighted by Crippen LogP contribution is 2.65. The van der Waals surface area contributed by atoms with Crippen LogP contribution in [0.25, 0.3) is 0 Å². The fraction of sp³-hybridized carbons (Fsp3) is 0.455. The Balaban J connectivity index is 2.07. The molecule has 2 rings (SSSR count). The van der Waals surface area contributed by atoms with E-state index in [2.05, 4.69) is 0 Å². The number of hydrogen-bond donors (Lipinski definition) is 1. The maximum Gasteiger partial charge on any atom is 0.293 e. The third-order valence-electron chi connectivity index (χ3n) is 3.13. The molecule has 0 saturated heterocycles. The van der Waals surface area contributed by atoms with Gasteiger partial charge in [0.05, 0.1) is 4.92 Å². The highest BCUT2D eigenvalue weighted by molar-refractivity contribution is 7.99. The Hall–Kier alpha value is -0.650. The molecular weight excluding hydrogens is 295 g/mol. The number of anilines is 1. The van der Waals surface area contributed by atoms with E-state index in [-0.39, 0.29) is 16.8 Å². The molecule has 98 valence electrons. The van der Waals surface area contributed by atoms with Crippen LogP contribution in [0.5, 0.6) is 0 Å². The topological polar surface area (TPSA) is 69.2 Å². The van der Waals surface area contributed by atoms with Crippen LogP contribution in [-0.4, -0.2) is 15.0 Å². The molecule has 1 saturated carbocycles. The summed E-state index contributed by atoms with van der Waals surface area (Å²) in [7, 11) is 0. The number of hydrogen-bond acceptors (Lipinski definition) is 4. The van der Waals surface area contributed by atoms with Crippen molar-refractivity contribution >= 4 is 46.3 Å². The molecule has 0 bridgehead atoms. The van der Waals surface area contributed by atoms with Gasteiger partial charge in [-0.25, -0.2) is 0 Å². The lowest BCUT2D eigenvalue weighted by Gasteiger charge is -2.11. The first-order chi connectivity index (χ1) is 8.25. The van der Waals surface area contributed by atoms with E-state index in [1.807, 2.05) is 6.92 Å². The zero-order chi connectivity index (χ0) is 13.6. The second kappa shape index (κ2) is 4.47. The Morgan fingerprint density at radius 1 is 1.56 bits per heavy atom. The van der Waals surface area contributed by atoms with Crippen LogP contribution in [0.15, 0.2) is 23.1 Å². The average molecular weight is 307 g/mol. The van der Waals surface area contributed by atoms with Gasteiger partial charge in [0.25, 0.3) is 5.69 Å². The van der Waals surface area contributed by atoms with Crippen molar-refractivity contribution in [2.45, 2.75) is 22.6 Å². The van der Waals surface area contributed by atoms with Gasteiger partial charge < -0.3 is 5.73 Å². The lowest BCUT2D eigenvalue weighted by atomic mass is 10.2. The third kappa shape index (κ3) is 2.53. The largest absolute Gasteiger partial charge is 0.393 e. The summed E-state index contributed by atoms with van der Waals surface area (Å²) < 4.78 is -0.667. The van der Waals surface area contributed by atoms with E-state index >= 15 is 0 Å². The molecule has 0 amide bonds. The highest BCUT2D eigenvalue weighted by atomic mass is 35.5. The van der Waals surface area contributed by atoms with Crippen LogP contribution >= 0.6 is 35.0 Å². The van der Waals surface area contributed by atoms with Crippen molar-refractivity contribution in [2.75, 3.05) is 11.5 Å². The van der Waals surface area contributed by atoms with Crippen molar-refractivity contribution in [3.8, 4) is 0 Å². The SMILES string of the molecule is CC1(CSc2ccc(N)c([N+](=O)[O-])c2)CC1(Cl)Cl. The number of nitrogen functional groups attached to an aromatic ring is 1. The number of nitrogens with zero attached hydrogens (tertiary/aromatic N) is 1. The maximum absolute atomic E-state index is 10.8. The van der Waals surface area contributed by atoms with Crippen molar-refractivity contribution in [3.05, 3.63) is 28.3 Å². The van der Waals surface area contributed by atoms with Gasteiger partial charge in [0.2, 0.25) is 0 Å². The number of thioether (sulfide) groups is 1. The quantitative estimate of drug-likeness (QED) is 0.301. The zero-order valence-corrected chi connectivity index (χ0v) is 12.0. The molecule has 1 atom stereocenters. The molecule has 0 spiro atoms. The molecule has 1 unspecified atom stereocenters. The molecule has 0 aliphatic heterocycles. The minimum atomic E-state index is -0.667. The van der Waals surface area contributed by atoms with Gasteiger partial charge in [0, 0.05) is 22.1 Å². The van der Waals surface area contributed by atoms with Crippen molar-refractivity contribution in [1.82, 2.24) is 0 Å². The van der Waals surface area contributed by atoms with Crippen LogP contribution in [0.3, 0.4) is 0 Å². The van der Waals surface area contributed by atoms with Gasteiger partial charge in [-0.05, 0) is 18.6 Å². The van der Waals surface area contributed by atoms with Crippen molar-refractivity contribution in [3.63, 3.8) is 0 Å². The number of alkyl halides is 2. The van der Waals surface area contributed by atoms with Crippen LogP contribution in [0.1, 0.15) is 13.3 Å². The van der Waals surface area contributed by atoms with Crippen LogP contribution in [0.4, 0.5) is 11.4 Å². The monoisotopic (exact) mass is 306 g/mol. The van der Waals surface area contributed by atoms with Gasteiger partial charge in [-0.1, -0.05) is 6.92 Å². The summed E-state index contributed by atoms with van der Waals surface area (Å²) in [5, 5.41) is 10.8. The molecule has 1 aliphatic rings. The van der Waals surface area contributed by atoms with Crippen LogP contribution < -0.4 is 5.73 Å². The first-order valence-corrected chi connectivity index (χ1v) is 7.04. The summed E-state index contributed by atoms with van der Waals surface area (Å²) in [4.78, 5) is 11.1. The first-order valence-electron chi connectivity index (χ1n) is 5.30. The minimum Gasteiger partial charge on any atom is -0.393 e. The molecule has 7 heteroatoms. The minimum absolute atomic E-state index is 0.0658. The molecule has 1 aliphatic carbocycles. The Kier molecular flexibility index (Phi) is 3.42. The van der Waals surface area contributed by atoms with Gasteiger partial charge in [-0.3, -0.25) is 10.1 Å². The number of nitro groups is 1. The standard InChI is InChI=1S/C11H12Cl2N2O2S/c1-10(5-11(10,12)13)6-18-7-2-3-8(14)9(4-7)15(16)17/h2-4H,5-6,14H2,1H3. The summed E-state index contributed by atoms with van der Waals surface area (Å²) in [5.74, 6) is 0.723. The van der Waals surface area contributed by atoms with Gasteiger partial charge in [0.15, 0.2) is 0 Å². The van der Waals surface area contributed by atoms with E-state index in [0.717, 1.165) is 17.1 Å². The Bertz CT molecular complexity index is 510. The summed E-state index contributed by atoms with van der Waals surface area (Å²) in [5.41, 5.74) is 5.51. The Morgan fingerprint density at radius 3 is 2.67 bits per heavy atom. The molecule has 1 aromatic rings. The molecule has 4 nitrogen and oxygen atoms in total. The summed E-state index contributed by atoms with van der Waals surface area (Å²) in [6, 6.07) is 4.79. The van der Waals surface area contributed by atoms with Crippen LogP contribution in [0.2, 0.25) is 0 Å². The molecule has 1 fully saturated rings. The Labute approximate surface area is 119 Å². The number of nitro benzene ring substituents is 1. The third-order valence-corrected chi connectivity index (χ3v) is 5.67. The first kappa shape index (κ1) is 13.8. The number of nitrogens with two attached hydrogens (primary N) is 1. The van der Waals surface area contributed by atoms with E-state index in [1.54, 1.807) is 12.1 Å². The molecule has 2 N–H and O–H groups in total. The fourth-order valence-electron chi connectivity index (χ4n) is 1.62. The van der Waals surface area contributed by atoms with Crippen molar-refractivity contribution < 1.29 is 4.92 Å². The molecule has 0 heterocycles. The molecule has 1 aromatic carbocycles. The van der Waals surface area contributed by atoms with Gasteiger partial charge in [0.1, 0.15) is 10.0 Å². The van der Waals surface area contributed by atoms with E-state index in [1.165, 1.54) is 17.8 Å². The smallest absolute Gasteiger partial charge is 0.293 e. The van der Waals surface area contributed by atoms with Crippen LogP contribution in [-0.2, 0) is 0 Å². The second-order valence-corrected chi connectivity index (χ2v) is 7.24. The van der Waals surface area contributed by atoms with E-state index in [4.69, 9.17) is 28.9 Å². The van der Waals surface area contributed by atoms with Crippen molar-refractivity contribution in [1.29, 1.82) is 0 Å². The van der Waals surface area contributed by atoms with Crippen molar-refractivity contribution in [2.24, 2.45) is 5.41 Å². The zero-order valence-electron chi connectivity index (χ0n) is 9.65. The summed E-state index contributed by atoms with van der Waals surface area (Å²) in [6.07, 6.45) is 0.743. The summed E-state index contributed by atoms with van der Waals surface area (Å²) in [6.45, 7) is 2.01. The predicted molar refractivity (Wildman–Crippen MR) is 75.4 cm³/mol. The van der Waals surface area contributed by atoms with Gasteiger partial charge in [-0.2, -0.15) is 0 Å². The maximum atomic E-state index is 10.8. The van der Waals surface area contributed by atoms with E-state index < -0.39 is 9.26 Å². The lowest BCUT2D eigenvalue weighted by molar-refractivity contribution is -0.384. The molecule has 0 aromatic heterocycles. The van der Waals surface area contributed by atoms with Crippen LogP contribution in [0, 0.1) is 15.5 Å². The molecule has 18 heavy (non-hydrogen) atoms. The van der Waals surface area contributed by atoms with E-state index in [0.29, 0.717) is 0 Å². The Morgan fingerprint density at radius 2 is 2.17 bits per heavy atom. The average Bonchev–Trinajstić information content (AvgIpc) is 2.77. The normalized spacial score (nSPS) is 24.8. The molecule has 0 radical (unpaired) electrons. The number of rotatable bonds is 4. The van der Waals surface area contributed by atoms with E-state index in [9.17, 15) is 10.1 Å². The fourth-order valence-corrected chi connectivity index (χ4v) is 3.69. The number of halogens is 2. The lowest BCUT2D eigenvalue weighted by Crippen LogP contribution is -2.07. The number of benzene rings is 1. The van der Waals surface area contributed by atoms with Gasteiger partial charge >= 0.3 is 0 Å². The molecular formula is C11H12Cl2N2O2S. The predicted octanol–water partition coefficient (Wildman–Crippen LogP) is 3.85. The highest BCUT2D eigenvalue weighted by Gasteiger charge is 2.62.